The summed E-state index contributed by atoms with van der Waals surface area (Å²) >= 11 is 0. The van der Waals surface area contributed by atoms with Gasteiger partial charge >= 0.3 is 0 Å². The van der Waals surface area contributed by atoms with Crippen LogP contribution >= 0.6 is 0 Å². The number of benzene rings is 1. The zero-order chi connectivity index (χ0) is 11.4. The summed E-state index contributed by atoms with van der Waals surface area (Å²) in [6, 6.07) is 5.67. The third-order valence-electron chi connectivity index (χ3n) is 1.74. The van der Waals surface area contributed by atoms with E-state index in [1.54, 1.807) is 6.07 Å². The van der Waals surface area contributed by atoms with Crippen LogP contribution in [0.15, 0.2) is 24.3 Å². The molecule has 1 amide bonds. The fourth-order valence-electron chi connectivity index (χ4n) is 1.11. The monoisotopic (exact) mass is 224 g/mol. The third kappa shape index (κ3) is 3.68. The first kappa shape index (κ1) is 14.1. The number of carbonyl (C=O) groups excluding carboxylic acids is 1. The smallest absolute Gasteiger partial charge is 0.270 e. The molecule has 0 heterocycles. The maximum atomic E-state index is 11.5. The number of carbonyl (C=O) groups is 1. The Labute approximate surface area is 94.6 Å². The first-order valence-electron chi connectivity index (χ1n) is 4.56. The number of nitrogens with zero attached hydrogens (tertiary/aromatic N) is 1. The molecule has 0 radical (unpaired) electrons. The van der Waals surface area contributed by atoms with Crippen molar-refractivity contribution in [1.29, 1.82) is 0 Å². The minimum absolute atomic E-state index is 0. The van der Waals surface area contributed by atoms with Crippen molar-refractivity contribution in [3.63, 3.8) is 0 Å². The van der Waals surface area contributed by atoms with Crippen LogP contribution in [-0.4, -0.2) is 16.9 Å². The molecular formula is C11H16N2O3. The predicted molar refractivity (Wildman–Crippen MR) is 62.4 cm³/mol. The van der Waals surface area contributed by atoms with Gasteiger partial charge in [0.1, 0.15) is 0 Å². The molecule has 1 rings (SSSR count). The summed E-state index contributed by atoms with van der Waals surface area (Å²) in [6.45, 7) is 3.66. The van der Waals surface area contributed by atoms with Gasteiger partial charge in [0, 0.05) is 23.7 Å². The fraction of sp³-hybridized carbons (Fsp3) is 0.364. The van der Waals surface area contributed by atoms with Gasteiger partial charge in [0.2, 0.25) is 0 Å². The van der Waals surface area contributed by atoms with Crippen LogP contribution < -0.4 is 5.32 Å². The van der Waals surface area contributed by atoms with E-state index < -0.39 is 4.92 Å². The van der Waals surface area contributed by atoms with Crippen molar-refractivity contribution in [3.05, 3.63) is 39.9 Å². The van der Waals surface area contributed by atoms with E-state index in [-0.39, 0.29) is 25.1 Å². The van der Waals surface area contributed by atoms with E-state index in [0.717, 1.165) is 0 Å². The largest absolute Gasteiger partial charge is 0.350 e. The van der Waals surface area contributed by atoms with Gasteiger partial charge in [-0.05, 0) is 19.9 Å². The zero-order valence-electron chi connectivity index (χ0n) is 8.56. The van der Waals surface area contributed by atoms with Gasteiger partial charge in [-0.2, -0.15) is 0 Å². The van der Waals surface area contributed by atoms with Gasteiger partial charge in [-0.1, -0.05) is 13.5 Å². The normalized spacial score (nSPS) is 9.44. The summed E-state index contributed by atoms with van der Waals surface area (Å²) in [5.74, 6) is -0.297. The van der Waals surface area contributed by atoms with E-state index in [0.29, 0.717) is 5.56 Å². The number of non-ortho nitro benzene ring substituents is 1. The molecule has 1 aromatic rings. The fourth-order valence-corrected chi connectivity index (χ4v) is 1.11. The van der Waals surface area contributed by atoms with E-state index in [9.17, 15) is 14.9 Å². The molecule has 0 bridgehead atoms. The zero-order valence-corrected chi connectivity index (χ0v) is 8.56. The highest BCUT2D eigenvalue weighted by molar-refractivity contribution is 5.94. The van der Waals surface area contributed by atoms with Crippen molar-refractivity contribution in [2.45, 2.75) is 27.3 Å². The van der Waals surface area contributed by atoms with E-state index in [1.165, 1.54) is 18.2 Å². The Bertz CT molecular complexity index is 389. The second-order valence-electron chi connectivity index (χ2n) is 3.44. The lowest BCUT2D eigenvalue weighted by molar-refractivity contribution is -0.384. The first-order valence-corrected chi connectivity index (χ1v) is 4.56. The number of amides is 1. The molecule has 0 aliphatic heterocycles. The Kier molecular flexibility index (Phi) is 5.15. The minimum atomic E-state index is -0.522. The quantitative estimate of drug-likeness (QED) is 0.632. The number of nitro groups is 1. The Morgan fingerprint density at radius 1 is 1.44 bits per heavy atom. The van der Waals surface area contributed by atoms with Gasteiger partial charge in [0.05, 0.1) is 4.92 Å². The van der Waals surface area contributed by atoms with Gasteiger partial charge in [0.15, 0.2) is 0 Å². The topological polar surface area (TPSA) is 72.2 Å². The van der Waals surface area contributed by atoms with E-state index in [4.69, 9.17) is 0 Å². The molecule has 1 N–H and O–H groups in total. The van der Waals surface area contributed by atoms with Crippen LogP contribution in [0.4, 0.5) is 5.69 Å². The summed E-state index contributed by atoms with van der Waals surface area (Å²) in [6.07, 6.45) is 0. The molecule has 0 saturated carbocycles. The van der Waals surface area contributed by atoms with Crippen molar-refractivity contribution >= 4 is 11.6 Å². The van der Waals surface area contributed by atoms with Gasteiger partial charge < -0.3 is 5.32 Å². The Hall–Kier alpha value is -1.91. The van der Waals surface area contributed by atoms with Crippen LogP contribution in [0.3, 0.4) is 0 Å². The van der Waals surface area contributed by atoms with Gasteiger partial charge in [-0.15, -0.1) is 0 Å². The molecule has 0 saturated heterocycles. The Morgan fingerprint density at radius 3 is 2.56 bits per heavy atom. The van der Waals surface area contributed by atoms with Crippen LogP contribution in [0.2, 0.25) is 0 Å². The molecule has 5 nitrogen and oxygen atoms in total. The van der Waals surface area contributed by atoms with Crippen molar-refractivity contribution in [3.8, 4) is 0 Å². The lowest BCUT2D eigenvalue weighted by Crippen LogP contribution is -2.30. The summed E-state index contributed by atoms with van der Waals surface area (Å²) in [7, 11) is 0. The molecule has 0 aliphatic carbocycles. The summed E-state index contributed by atoms with van der Waals surface area (Å²) in [4.78, 5) is 21.4. The van der Waals surface area contributed by atoms with E-state index >= 15 is 0 Å². The molecule has 0 aromatic heterocycles. The molecule has 5 heteroatoms. The van der Waals surface area contributed by atoms with Gasteiger partial charge in [-0.25, -0.2) is 0 Å². The lowest BCUT2D eigenvalue weighted by Gasteiger charge is -2.07. The molecule has 0 spiro atoms. The standard InChI is InChI=1S/C10H12N2O3.CH4/c1-7(2)11-10(13)8-4-3-5-9(6-8)12(14)15;/h3-7H,1-2H3,(H,11,13);1H4. The van der Waals surface area contributed by atoms with Crippen LogP contribution in [-0.2, 0) is 0 Å². The number of rotatable bonds is 3. The van der Waals surface area contributed by atoms with Gasteiger partial charge in [0.25, 0.3) is 11.6 Å². The lowest BCUT2D eigenvalue weighted by atomic mass is 10.2. The first-order chi connectivity index (χ1) is 7.00. The highest BCUT2D eigenvalue weighted by Crippen LogP contribution is 2.12. The average Bonchev–Trinajstić information content (AvgIpc) is 2.17. The molecule has 88 valence electrons. The molecule has 0 aliphatic rings. The molecule has 0 atom stereocenters. The number of hydrogen-bond acceptors (Lipinski definition) is 3. The average molecular weight is 224 g/mol. The van der Waals surface area contributed by atoms with Crippen LogP contribution in [0.5, 0.6) is 0 Å². The van der Waals surface area contributed by atoms with Gasteiger partial charge in [-0.3, -0.25) is 14.9 Å². The Morgan fingerprint density at radius 2 is 2.06 bits per heavy atom. The maximum Gasteiger partial charge on any atom is 0.270 e. The summed E-state index contributed by atoms with van der Waals surface area (Å²) in [5.41, 5.74) is 0.226. The van der Waals surface area contributed by atoms with E-state index in [1.807, 2.05) is 13.8 Å². The molecule has 0 fully saturated rings. The molecule has 16 heavy (non-hydrogen) atoms. The minimum Gasteiger partial charge on any atom is -0.350 e. The van der Waals surface area contributed by atoms with Crippen molar-refractivity contribution in [2.75, 3.05) is 0 Å². The van der Waals surface area contributed by atoms with Crippen molar-refractivity contribution < 1.29 is 9.72 Å². The maximum absolute atomic E-state index is 11.5. The predicted octanol–water partition coefficient (Wildman–Crippen LogP) is 2.37. The third-order valence-corrected chi connectivity index (χ3v) is 1.74. The second-order valence-corrected chi connectivity index (χ2v) is 3.44. The number of nitro benzene ring substituents is 1. The van der Waals surface area contributed by atoms with Crippen molar-refractivity contribution in [1.82, 2.24) is 5.32 Å². The van der Waals surface area contributed by atoms with Crippen LogP contribution in [0.1, 0.15) is 31.6 Å². The summed E-state index contributed by atoms with van der Waals surface area (Å²) < 4.78 is 0. The number of hydrogen-bond donors (Lipinski definition) is 1. The summed E-state index contributed by atoms with van der Waals surface area (Å²) in [5, 5.41) is 13.1. The van der Waals surface area contributed by atoms with Crippen LogP contribution in [0, 0.1) is 10.1 Å². The highest BCUT2D eigenvalue weighted by atomic mass is 16.6. The number of nitrogens with one attached hydrogen (secondary N) is 1. The van der Waals surface area contributed by atoms with Crippen molar-refractivity contribution in [2.24, 2.45) is 0 Å². The molecule has 0 unspecified atom stereocenters. The van der Waals surface area contributed by atoms with Crippen LogP contribution in [0.25, 0.3) is 0 Å². The Balaban J connectivity index is 0.00000225. The molecular weight excluding hydrogens is 208 g/mol. The highest BCUT2D eigenvalue weighted by Gasteiger charge is 2.11. The molecule has 1 aromatic carbocycles. The van der Waals surface area contributed by atoms with E-state index in [2.05, 4.69) is 5.32 Å². The SMILES string of the molecule is C.CC(C)NC(=O)c1cccc([N+](=O)[O-])c1. The second kappa shape index (κ2) is 5.85.